The number of hydrogen-bond acceptors (Lipinski definition) is 9. The maximum Gasteiger partial charge on any atom is 0.413 e. The lowest BCUT2D eigenvalue weighted by Crippen LogP contribution is -2.51. The van der Waals surface area contributed by atoms with Gasteiger partial charge in [0.1, 0.15) is 41.0 Å². The number of para-hydroxylation sites is 2. The number of H-pyrrole nitrogens is 2. The highest BCUT2D eigenvalue weighted by Gasteiger charge is 2.49. The number of aromatic amines is 2. The Hall–Kier alpha value is -8.07. The predicted octanol–water partition coefficient (Wildman–Crippen LogP) is 12.1. The number of benzene rings is 5. The second kappa shape index (κ2) is 20.3. The zero-order valence-corrected chi connectivity index (χ0v) is 45.1. The molecule has 7 aromatic rings. The first-order valence-electron chi connectivity index (χ1n) is 28.5. The van der Waals surface area contributed by atoms with Crippen LogP contribution >= 0.6 is 0 Å². The summed E-state index contributed by atoms with van der Waals surface area (Å²) in [4.78, 5) is 89.7. The van der Waals surface area contributed by atoms with Gasteiger partial charge in [-0.25, -0.2) is 19.6 Å². The van der Waals surface area contributed by atoms with Crippen LogP contribution in [0.25, 0.3) is 44.5 Å². The number of hydrogen-bond donors (Lipinski definition) is 4. The SMILES string of the molecule is CC(C)C(NC(=O)Oc1ccccc1)C(=O)N1CCCC1c1ncc(-c2ccc(-c3ccc(-c4ccc5nc(C6CCCN6C(=O)C(NC(=O)Oc6ccccc6)C(C)C)[nH]c5c4)c4c3C3CCC4C3)c3c2C2CCC3C2=O)[nH]1. The van der Waals surface area contributed by atoms with Gasteiger partial charge in [0.15, 0.2) is 0 Å². The zero-order chi connectivity index (χ0) is 54.2. The summed E-state index contributed by atoms with van der Waals surface area (Å²) in [6.45, 7) is 8.80. The molecule has 2 aliphatic heterocycles. The molecule has 4 heterocycles. The number of likely N-dealkylation sites (tertiary alicyclic amines) is 2. The molecule has 4 aliphatic carbocycles. The van der Waals surface area contributed by atoms with Crippen molar-refractivity contribution < 1.29 is 33.4 Å². The van der Waals surface area contributed by atoms with E-state index in [1.165, 1.54) is 22.3 Å². The van der Waals surface area contributed by atoms with Crippen molar-refractivity contribution in [1.82, 2.24) is 40.4 Å². The zero-order valence-electron chi connectivity index (χ0n) is 45.1. The summed E-state index contributed by atoms with van der Waals surface area (Å²) in [5, 5.41) is 5.69. The fraction of sp³-hybridized carbons (Fsp3) is 0.391. The lowest BCUT2D eigenvalue weighted by molar-refractivity contribution is -0.136. The van der Waals surface area contributed by atoms with Gasteiger partial charge in [-0.05, 0) is 162 Å². The first kappa shape index (κ1) is 50.4. The molecule has 2 saturated heterocycles. The third kappa shape index (κ3) is 8.95. The van der Waals surface area contributed by atoms with Crippen LogP contribution in [0, 0.1) is 11.8 Å². The van der Waals surface area contributed by atoms with E-state index in [1.54, 1.807) is 48.5 Å². The molecular formula is C64H66N8O7. The summed E-state index contributed by atoms with van der Waals surface area (Å²) in [5.41, 5.74) is 13.4. The molecule has 13 rings (SSSR count). The van der Waals surface area contributed by atoms with Gasteiger partial charge in [-0.2, -0.15) is 0 Å². The number of aromatic nitrogens is 4. The second-order valence-electron chi connectivity index (χ2n) is 23.3. The van der Waals surface area contributed by atoms with E-state index in [0.717, 1.165) is 108 Å². The minimum atomic E-state index is -0.786. The van der Waals surface area contributed by atoms with Gasteiger partial charge in [0.05, 0.1) is 35.0 Å². The van der Waals surface area contributed by atoms with Crippen molar-refractivity contribution in [3.05, 3.63) is 143 Å². The summed E-state index contributed by atoms with van der Waals surface area (Å²) < 4.78 is 11.0. The van der Waals surface area contributed by atoms with E-state index in [-0.39, 0.29) is 47.6 Å². The number of ether oxygens (including phenoxy) is 2. The monoisotopic (exact) mass is 1060 g/mol. The van der Waals surface area contributed by atoms with Gasteiger partial charge in [0, 0.05) is 30.5 Å². The molecule has 5 aromatic carbocycles. The van der Waals surface area contributed by atoms with Crippen LogP contribution in [0.4, 0.5) is 9.59 Å². The molecule has 8 atom stereocenters. The number of Topliss-reactive ketones (excluding diaryl/α,β-unsaturated/α-hetero) is 1. The van der Waals surface area contributed by atoms with Crippen LogP contribution in [0.15, 0.2) is 109 Å². The summed E-state index contributed by atoms with van der Waals surface area (Å²) in [7, 11) is 0. The summed E-state index contributed by atoms with van der Waals surface area (Å²) >= 11 is 0. The number of nitrogens with zero attached hydrogens (tertiary/aromatic N) is 4. The molecule has 4 amide bonds. The van der Waals surface area contributed by atoms with Gasteiger partial charge in [-0.3, -0.25) is 14.4 Å². The van der Waals surface area contributed by atoms with E-state index in [9.17, 15) is 24.0 Å². The number of fused-ring (bicyclic) bond motifs is 11. The molecule has 2 aromatic heterocycles. The molecule has 8 unspecified atom stereocenters. The molecular weight excluding hydrogens is 993 g/mol. The molecule has 4 N–H and O–H groups in total. The number of rotatable bonds is 13. The molecule has 15 nitrogen and oxygen atoms in total. The van der Waals surface area contributed by atoms with Crippen molar-refractivity contribution in [3.8, 4) is 45.0 Å². The molecule has 2 saturated carbocycles. The third-order valence-electron chi connectivity index (χ3n) is 18.0. The Morgan fingerprint density at radius 3 is 1.68 bits per heavy atom. The van der Waals surface area contributed by atoms with Crippen molar-refractivity contribution in [2.75, 3.05) is 13.1 Å². The smallest absolute Gasteiger partial charge is 0.410 e. The molecule has 15 heteroatoms. The van der Waals surface area contributed by atoms with E-state index in [0.29, 0.717) is 48.0 Å². The van der Waals surface area contributed by atoms with E-state index in [1.807, 2.05) is 55.8 Å². The van der Waals surface area contributed by atoms with Gasteiger partial charge in [0.2, 0.25) is 11.8 Å². The highest BCUT2D eigenvalue weighted by molar-refractivity contribution is 6.04. The molecule has 0 spiro atoms. The molecule has 404 valence electrons. The maximum atomic E-state index is 14.3. The van der Waals surface area contributed by atoms with Crippen molar-refractivity contribution in [2.24, 2.45) is 11.8 Å². The fourth-order valence-electron chi connectivity index (χ4n) is 14.3. The Morgan fingerprint density at radius 1 is 0.582 bits per heavy atom. The largest absolute Gasteiger partial charge is 0.413 e. The van der Waals surface area contributed by atoms with Crippen LogP contribution in [-0.2, 0) is 14.4 Å². The normalized spacial score (nSPS) is 22.4. The first-order chi connectivity index (χ1) is 38.4. The number of nitrogens with one attached hydrogen (secondary N) is 4. The lowest BCUT2D eigenvalue weighted by atomic mass is 9.77. The van der Waals surface area contributed by atoms with Gasteiger partial charge in [-0.15, -0.1) is 0 Å². The number of carbonyl (C=O) groups is 5. The Balaban J connectivity index is 0.774. The third-order valence-corrected chi connectivity index (χ3v) is 18.0. The minimum Gasteiger partial charge on any atom is -0.410 e. The Labute approximate surface area is 459 Å². The Morgan fingerprint density at radius 2 is 1.10 bits per heavy atom. The Kier molecular flexibility index (Phi) is 13.0. The van der Waals surface area contributed by atoms with Gasteiger partial charge >= 0.3 is 12.2 Å². The summed E-state index contributed by atoms with van der Waals surface area (Å²) in [6, 6.07) is 31.0. The van der Waals surface area contributed by atoms with Crippen LogP contribution < -0.4 is 20.1 Å². The molecule has 0 radical (unpaired) electrons. The van der Waals surface area contributed by atoms with E-state index < -0.39 is 24.3 Å². The Bertz CT molecular complexity index is 3550. The second-order valence-corrected chi connectivity index (χ2v) is 23.3. The molecule has 4 fully saturated rings. The number of carbonyl (C=O) groups excluding carboxylic acids is 5. The molecule has 79 heavy (non-hydrogen) atoms. The number of imidazole rings is 2. The maximum absolute atomic E-state index is 14.3. The average Bonchev–Trinajstić information content (AvgIpc) is 4.45. The highest BCUT2D eigenvalue weighted by atomic mass is 16.6. The van der Waals surface area contributed by atoms with E-state index in [4.69, 9.17) is 19.4 Å². The topological polar surface area (TPSA) is 192 Å². The van der Waals surface area contributed by atoms with Crippen molar-refractivity contribution >= 4 is 40.8 Å². The lowest BCUT2D eigenvalue weighted by Gasteiger charge is -2.30. The first-order valence-corrected chi connectivity index (χ1v) is 28.5. The van der Waals surface area contributed by atoms with Crippen LogP contribution in [-0.4, -0.2) is 84.7 Å². The van der Waals surface area contributed by atoms with Gasteiger partial charge in [0.25, 0.3) is 0 Å². The minimum absolute atomic E-state index is 0.153. The van der Waals surface area contributed by atoms with Crippen molar-refractivity contribution in [1.29, 1.82) is 0 Å². The van der Waals surface area contributed by atoms with Crippen LogP contribution in [0.1, 0.15) is 155 Å². The number of ketones is 1. The van der Waals surface area contributed by atoms with E-state index in [2.05, 4.69) is 63.1 Å². The number of amides is 4. The summed E-state index contributed by atoms with van der Waals surface area (Å²) in [6.07, 6.45) is 8.71. The van der Waals surface area contributed by atoms with Crippen LogP contribution in [0.3, 0.4) is 0 Å². The molecule has 4 bridgehead atoms. The standard InChI is InChI=1S/C64H66N8O7/c1-34(2)56(69-63(76)78-39-13-7-5-8-14-39)61(74)71-29-11-17-50(71)59-65-33-49(68-59)44-25-24-43(54-45-26-27-46(55(44)54)58(45)73)42-23-22-41(52-37-19-20-38(31-37)53(42)52)36-21-28-47-48(32-36)67-60(66-47)51-18-12-30-72(51)62(75)57(35(3)4)70-64(77)79-40-15-9-6-10-16-40/h5-10,13-16,21-25,28,32-35,37-38,45-46,50-51,56-57H,11-12,17-20,26-27,29-31H2,1-4H3,(H,65,68)(H,66,67)(H,69,76)(H,70,77). The predicted molar refractivity (Wildman–Crippen MR) is 299 cm³/mol. The van der Waals surface area contributed by atoms with Gasteiger partial charge in [-0.1, -0.05) is 94.4 Å². The van der Waals surface area contributed by atoms with Crippen molar-refractivity contribution in [2.45, 2.75) is 133 Å². The summed E-state index contributed by atoms with van der Waals surface area (Å²) in [5.74, 6) is 2.41. The average molecular weight is 1060 g/mol. The van der Waals surface area contributed by atoms with Crippen molar-refractivity contribution in [3.63, 3.8) is 0 Å². The van der Waals surface area contributed by atoms with Crippen LogP contribution in [0.5, 0.6) is 11.5 Å². The van der Waals surface area contributed by atoms with Gasteiger partial charge < -0.3 is 39.9 Å². The quantitative estimate of drug-likeness (QED) is 0.0870. The fourth-order valence-corrected chi connectivity index (χ4v) is 14.3. The molecule has 6 aliphatic rings. The highest BCUT2D eigenvalue weighted by Crippen LogP contribution is 2.61. The van der Waals surface area contributed by atoms with E-state index >= 15 is 0 Å². The van der Waals surface area contributed by atoms with Crippen LogP contribution in [0.2, 0.25) is 0 Å².